The van der Waals surface area contributed by atoms with Gasteiger partial charge in [0, 0.05) is 12.1 Å². The molecule has 0 spiro atoms. The predicted molar refractivity (Wildman–Crippen MR) is 90.4 cm³/mol. The minimum atomic E-state index is 0.0540. The molecule has 4 nitrogen and oxygen atoms in total. The van der Waals surface area contributed by atoms with Crippen LogP contribution in [0.25, 0.3) is 11.1 Å². The first kappa shape index (κ1) is 15.5. The lowest BCUT2D eigenvalue weighted by molar-refractivity contribution is -0.751. The molecular formula is C14H18N2O2P2. The molecule has 0 aliphatic rings. The van der Waals surface area contributed by atoms with Crippen LogP contribution in [0.4, 0.5) is 11.4 Å². The second-order valence-corrected chi connectivity index (χ2v) is 5.96. The van der Waals surface area contributed by atoms with Gasteiger partial charge < -0.3 is 20.5 Å². The van der Waals surface area contributed by atoms with Gasteiger partial charge in [0.05, 0.1) is 14.1 Å². The fourth-order valence-electron chi connectivity index (χ4n) is 2.05. The summed E-state index contributed by atoms with van der Waals surface area (Å²) >= 11 is 0. The van der Waals surface area contributed by atoms with Crippen LogP contribution in [0.5, 0.6) is 0 Å². The standard InChI is InChI=1S/C14H18N2O2P2/c1-15(17)9-3-5-11(13(19)7-9)12-6-4-10(16(2)18)8-14(12)20/h3-8,15-16H,19-20H2,1-2H3. The van der Waals surface area contributed by atoms with E-state index < -0.39 is 0 Å². The van der Waals surface area contributed by atoms with Gasteiger partial charge in [-0.25, -0.2) is 0 Å². The summed E-state index contributed by atoms with van der Waals surface area (Å²) in [5.41, 5.74) is 3.48. The van der Waals surface area contributed by atoms with Gasteiger partial charge in [-0.3, -0.25) is 0 Å². The summed E-state index contributed by atoms with van der Waals surface area (Å²) < 4.78 is 0. The van der Waals surface area contributed by atoms with Crippen LogP contribution in [-0.4, -0.2) is 14.1 Å². The third kappa shape index (κ3) is 3.24. The molecule has 0 amide bonds. The second kappa shape index (κ2) is 6.28. The normalized spacial score (nSPS) is 14.1. The zero-order valence-electron chi connectivity index (χ0n) is 11.4. The molecule has 20 heavy (non-hydrogen) atoms. The van der Waals surface area contributed by atoms with E-state index in [4.69, 9.17) is 0 Å². The smallest absolute Gasteiger partial charge is 0.131 e. The lowest BCUT2D eigenvalue weighted by Gasteiger charge is -2.19. The van der Waals surface area contributed by atoms with Crippen molar-refractivity contribution in [3.05, 3.63) is 46.8 Å². The van der Waals surface area contributed by atoms with Crippen molar-refractivity contribution in [1.29, 1.82) is 0 Å². The van der Waals surface area contributed by atoms with E-state index in [1.165, 1.54) is 0 Å². The van der Waals surface area contributed by atoms with Crippen molar-refractivity contribution in [2.24, 2.45) is 0 Å². The van der Waals surface area contributed by atoms with Gasteiger partial charge in [0.15, 0.2) is 0 Å². The Bertz CT molecular complexity index is 575. The lowest BCUT2D eigenvalue weighted by Crippen LogP contribution is -2.98. The van der Waals surface area contributed by atoms with Crippen LogP contribution in [0.3, 0.4) is 0 Å². The molecule has 0 heterocycles. The van der Waals surface area contributed by atoms with Crippen LogP contribution in [-0.2, 0) is 0 Å². The number of hydrogen-bond acceptors (Lipinski definition) is 2. The van der Waals surface area contributed by atoms with Gasteiger partial charge in [0.2, 0.25) is 0 Å². The molecule has 2 aromatic rings. The Labute approximate surface area is 123 Å². The van der Waals surface area contributed by atoms with E-state index in [1.807, 2.05) is 36.4 Å². The summed E-state index contributed by atoms with van der Waals surface area (Å²) in [6.45, 7) is 0. The van der Waals surface area contributed by atoms with Gasteiger partial charge in [0.25, 0.3) is 0 Å². The van der Waals surface area contributed by atoms with Gasteiger partial charge in [-0.05, 0) is 46.0 Å². The molecule has 4 atom stereocenters. The van der Waals surface area contributed by atoms with Crippen molar-refractivity contribution >= 4 is 40.5 Å². The van der Waals surface area contributed by atoms with E-state index in [0.717, 1.165) is 21.7 Å². The number of benzene rings is 2. The van der Waals surface area contributed by atoms with E-state index in [1.54, 1.807) is 14.1 Å². The number of hydrogen-bond donors (Lipinski definition) is 2. The molecule has 0 aliphatic carbocycles. The zero-order chi connectivity index (χ0) is 14.9. The van der Waals surface area contributed by atoms with E-state index >= 15 is 0 Å². The maximum absolute atomic E-state index is 11.4. The highest BCUT2D eigenvalue weighted by molar-refractivity contribution is 7.29. The molecule has 0 saturated carbocycles. The molecular weight excluding hydrogens is 290 g/mol. The molecule has 4 unspecified atom stereocenters. The highest BCUT2D eigenvalue weighted by atomic mass is 31.0. The van der Waals surface area contributed by atoms with Crippen molar-refractivity contribution in [2.75, 3.05) is 14.1 Å². The van der Waals surface area contributed by atoms with Gasteiger partial charge in [-0.1, -0.05) is 0 Å². The van der Waals surface area contributed by atoms with Crippen LogP contribution in [0.2, 0.25) is 0 Å². The fraction of sp³-hybridized carbons (Fsp3) is 0.143. The van der Waals surface area contributed by atoms with Gasteiger partial charge in [-0.2, -0.15) is 0 Å². The summed E-state index contributed by atoms with van der Waals surface area (Å²) in [6, 6.07) is 11.3. The van der Waals surface area contributed by atoms with E-state index in [2.05, 4.69) is 18.5 Å². The number of hydroxylamine groups is 2. The SMILES string of the molecule is C[NH+]([O-])c1ccc(-c2ccc([NH+](C)[O-])cc2P)c(P)c1. The monoisotopic (exact) mass is 308 g/mol. The molecule has 2 N–H and O–H groups in total. The van der Waals surface area contributed by atoms with Gasteiger partial charge >= 0.3 is 0 Å². The van der Waals surface area contributed by atoms with Crippen LogP contribution in [0.1, 0.15) is 0 Å². The average molecular weight is 308 g/mol. The summed E-state index contributed by atoms with van der Waals surface area (Å²) in [7, 11) is 8.44. The molecule has 0 saturated heterocycles. The average Bonchev–Trinajstić information content (AvgIpc) is 2.38. The zero-order valence-corrected chi connectivity index (χ0v) is 13.7. The summed E-state index contributed by atoms with van der Waals surface area (Å²) in [5, 5.41) is 24.8. The van der Waals surface area contributed by atoms with Crippen molar-refractivity contribution in [2.45, 2.75) is 0 Å². The maximum Gasteiger partial charge on any atom is 0.131 e. The van der Waals surface area contributed by atoms with Crippen molar-refractivity contribution < 1.29 is 10.1 Å². The van der Waals surface area contributed by atoms with Gasteiger partial charge in [-0.15, -0.1) is 18.5 Å². The Hall–Kier alpha value is -0.860. The van der Waals surface area contributed by atoms with Crippen molar-refractivity contribution in [3.63, 3.8) is 0 Å². The van der Waals surface area contributed by atoms with Crippen LogP contribution < -0.4 is 20.7 Å². The topological polar surface area (TPSA) is 55.0 Å². The van der Waals surface area contributed by atoms with Crippen LogP contribution in [0.15, 0.2) is 36.4 Å². The first-order valence-electron chi connectivity index (χ1n) is 6.21. The fourth-order valence-corrected chi connectivity index (χ4v) is 2.92. The number of rotatable bonds is 3. The minimum Gasteiger partial charge on any atom is -0.629 e. The first-order chi connectivity index (χ1) is 9.40. The number of quaternary nitrogens is 2. The Balaban J connectivity index is 2.46. The Morgan fingerprint density at radius 3 is 1.35 bits per heavy atom. The van der Waals surface area contributed by atoms with Crippen molar-refractivity contribution in [1.82, 2.24) is 0 Å². The molecule has 106 valence electrons. The highest BCUT2D eigenvalue weighted by Gasteiger charge is 2.10. The molecule has 2 aromatic carbocycles. The van der Waals surface area contributed by atoms with E-state index in [9.17, 15) is 10.4 Å². The van der Waals surface area contributed by atoms with E-state index in [0.29, 0.717) is 11.4 Å². The first-order valence-corrected chi connectivity index (χ1v) is 7.37. The Morgan fingerprint density at radius 1 is 0.750 bits per heavy atom. The molecule has 6 heteroatoms. The molecule has 0 bridgehead atoms. The van der Waals surface area contributed by atoms with E-state index in [-0.39, 0.29) is 10.1 Å². The largest absolute Gasteiger partial charge is 0.629 e. The predicted octanol–water partition coefficient (Wildman–Crippen LogP) is -0.358. The molecule has 0 aliphatic heterocycles. The second-order valence-electron chi connectivity index (χ2n) is 4.72. The van der Waals surface area contributed by atoms with Crippen molar-refractivity contribution in [3.8, 4) is 11.1 Å². The summed E-state index contributed by atoms with van der Waals surface area (Å²) in [4.78, 5) is 0. The third-order valence-electron chi connectivity index (χ3n) is 3.21. The van der Waals surface area contributed by atoms with Gasteiger partial charge in [0.1, 0.15) is 11.4 Å². The minimum absolute atomic E-state index is 0.0540. The number of nitrogens with one attached hydrogen (secondary N) is 2. The third-order valence-corrected chi connectivity index (χ3v) is 4.16. The molecule has 0 radical (unpaired) electrons. The quantitative estimate of drug-likeness (QED) is 0.601. The Morgan fingerprint density at radius 2 is 1.10 bits per heavy atom. The molecule has 0 fully saturated rings. The summed E-state index contributed by atoms with van der Waals surface area (Å²) in [6.07, 6.45) is 0. The lowest BCUT2D eigenvalue weighted by atomic mass is 10.0. The maximum atomic E-state index is 11.4. The van der Waals surface area contributed by atoms with Crippen LogP contribution >= 0.6 is 18.5 Å². The summed E-state index contributed by atoms with van der Waals surface area (Å²) in [5.74, 6) is 0. The molecule has 0 aromatic heterocycles. The van der Waals surface area contributed by atoms with Crippen LogP contribution in [0, 0.1) is 10.4 Å². The highest BCUT2D eigenvalue weighted by Crippen LogP contribution is 2.22. The Kier molecular flexibility index (Phi) is 4.87. The molecule has 2 rings (SSSR count).